The topological polar surface area (TPSA) is 130 Å². The van der Waals surface area contributed by atoms with Gasteiger partial charge in [-0.1, -0.05) is 20.3 Å². The van der Waals surface area contributed by atoms with E-state index in [0.29, 0.717) is 6.42 Å². The van der Waals surface area contributed by atoms with Gasteiger partial charge in [0, 0.05) is 91.7 Å². The van der Waals surface area contributed by atoms with E-state index in [1.54, 1.807) is 40.0 Å². The Kier molecular flexibility index (Phi) is 117. The van der Waals surface area contributed by atoms with Gasteiger partial charge in [-0.3, -0.25) is 4.79 Å². The molecule has 0 unspecified atom stereocenters. The number of thioether (sulfide) groups is 2. The van der Waals surface area contributed by atoms with Gasteiger partial charge in [-0.05, 0) is 170 Å². The predicted molar refractivity (Wildman–Crippen MR) is 295 cm³/mol. The van der Waals surface area contributed by atoms with Crippen LogP contribution in [0.4, 0.5) is 0 Å². The molecule has 0 radical (unpaired) electrons. The summed E-state index contributed by atoms with van der Waals surface area (Å²) >= 11 is 3.66. The van der Waals surface area contributed by atoms with Crippen molar-refractivity contribution >= 4 is 29.3 Å². The number of hydrogen-bond donors (Lipinski definition) is 5. The maximum absolute atomic E-state index is 10.2. The van der Waals surface area contributed by atoms with Gasteiger partial charge < -0.3 is 70.0 Å². The number of rotatable bonds is 31. The van der Waals surface area contributed by atoms with Crippen molar-refractivity contribution in [1.82, 2.24) is 51.1 Å². The molecule has 400 valence electrons. The van der Waals surface area contributed by atoms with Gasteiger partial charge in [0.2, 0.25) is 0 Å². The number of carbonyl (C=O) groups is 1. The fourth-order valence-corrected chi connectivity index (χ4v) is 3.99. The molecule has 0 aromatic heterocycles. The molecule has 0 atom stereocenters. The van der Waals surface area contributed by atoms with Crippen molar-refractivity contribution < 1.29 is 23.7 Å². The molecular formula is C47H120N10O5S2. The maximum Gasteiger partial charge on any atom is 0.131 e. The van der Waals surface area contributed by atoms with Crippen molar-refractivity contribution in [2.75, 3.05) is 249 Å². The predicted octanol–water partition coefficient (Wildman–Crippen LogP) is 4.43. The summed E-state index contributed by atoms with van der Waals surface area (Å²) in [6.45, 7) is 23.9. The molecule has 0 fully saturated rings. The molecule has 0 heterocycles. The Morgan fingerprint density at radius 1 is 0.484 bits per heavy atom. The van der Waals surface area contributed by atoms with Crippen molar-refractivity contribution in [3.63, 3.8) is 0 Å². The first kappa shape index (κ1) is 83.8. The van der Waals surface area contributed by atoms with Crippen LogP contribution in [0.1, 0.15) is 59.8 Å². The minimum absolute atomic E-state index is 0.245. The lowest BCUT2D eigenvalue weighted by atomic mass is 10.3. The van der Waals surface area contributed by atoms with Gasteiger partial charge in [-0.2, -0.15) is 23.5 Å². The molecule has 0 rings (SSSR count). The summed E-state index contributed by atoms with van der Waals surface area (Å²) in [7, 11) is 33.6. The first-order valence-electron chi connectivity index (χ1n) is 23.4. The number of unbranched alkanes of at least 4 members (excludes halogenated alkanes) is 2. The van der Waals surface area contributed by atoms with Crippen molar-refractivity contribution in [2.24, 2.45) is 0 Å². The molecule has 0 aromatic carbocycles. The van der Waals surface area contributed by atoms with Gasteiger partial charge in [0.25, 0.3) is 0 Å². The molecule has 0 aromatic rings. The highest BCUT2D eigenvalue weighted by molar-refractivity contribution is 7.98. The number of likely N-dealkylation sites (N-methyl/N-ethyl adjacent to an activating group) is 5. The Balaban J connectivity index is -0.0000000764. The van der Waals surface area contributed by atoms with E-state index in [0.717, 1.165) is 91.1 Å². The monoisotopic (exact) mass is 969 g/mol. The van der Waals surface area contributed by atoms with Crippen LogP contribution in [0.2, 0.25) is 0 Å². The quantitative estimate of drug-likeness (QED) is 0.0628. The first-order chi connectivity index (χ1) is 30.4. The molecule has 0 aliphatic heterocycles. The Bertz CT molecular complexity index is 642. The van der Waals surface area contributed by atoms with Gasteiger partial charge in [0.05, 0.1) is 26.4 Å². The van der Waals surface area contributed by atoms with E-state index < -0.39 is 0 Å². The summed E-state index contributed by atoms with van der Waals surface area (Å²) in [5, 5.41) is 14.9. The Morgan fingerprint density at radius 2 is 0.891 bits per heavy atom. The molecule has 64 heavy (non-hydrogen) atoms. The number of nitrogens with one attached hydrogen (secondary N) is 5. The SMILES string of the molecule is CCCCN(C)C.CCN(C)CCOC.CCOCCN(C)C.CN(C)CCCCN(C)C.CNCCC(C)=O.CNCCNC.CNCCOC.CNCCSC.COCCSC. The molecule has 5 N–H and O–H groups in total. The number of hydrogen-bond acceptors (Lipinski definition) is 17. The minimum atomic E-state index is 0.245. The highest BCUT2D eigenvalue weighted by atomic mass is 32.2. The van der Waals surface area contributed by atoms with Crippen LogP contribution in [-0.2, 0) is 23.7 Å². The van der Waals surface area contributed by atoms with E-state index in [9.17, 15) is 4.79 Å². The second-order valence-corrected chi connectivity index (χ2v) is 17.3. The molecule has 15 nitrogen and oxygen atoms in total. The third kappa shape index (κ3) is 160. The third-order valence-corrected chi connectivity index (χ3v) is 8.67. The first-order valence-corrected chi connectivity index (χ1v) is 26.2. The lowest BCUT2D eigenvalue weighted by Gasteiger charge is -2.11. The fourth-order valence-electron chi connectivity index (χ4n) is 3.25. The highest BCUT2D eigenvalue weighted by Crippen LogP contribution is 1.91. The minimum Gasteiger partial charge on any atom is -0.384 e. The van der Waals surface area contributed by atoms with E-state index in [1.807, 2.05) is 68.0 Å². The van der Waals surface area contributed by atoms with E-state index in [-0.39, 0.29) is 5.78 Å². The molecule has 0 amide bonds. The van der Waals surface area contributed by atoms with E-state index >= 15 is 0 Å². The maximum atomic E-state index is 10.2. The molecule has 0 saturated heterocycles. The van der Waals surface area contributed by atoms with Crippen LogP contribution in [0, 0.1) is 0 Å². The molecule has 0 spiro atoms. The second-order valence-electron chi connectivity index (χ2n) is 15.3. The summed E-state index contributed by atoms with van der Waals surface area (Å²) in [4.78, 5) is 21.2. The van der Waals surface area contributed by atoms with E-state index in [2.05, 4.69) is 127 Å². The smallest absolute Gasteiger partial charge is 0.131 e. The normalized spacial score (nSPS) is 9.88. The Morgan fingerprint density at radius 3 is 1.11 bits per heavy atom. The number of carbonyl (C=O) groups excluding carboxylic acids is 1. The van der Waals surface area contributed by atoms with E-state index in [1.165, 1.54) is 51.1 Å². The van der Waals surface area contributed by atoms with Gasteiger partial charge >= 0.3 is 0 Å². The number of ketones is 1. The zero-order chi connectivity index (χ0) is 51.5. The van der Waals surface area contributed by atoms with Crippen molar-refractivity contribution in [2.45, 2.75) is 59.8 Å². The average Bonchev–Trinajstić information content (AvgIpc) is 3.26. The Hall–Kier alpha value is -0.190. The van der Waals surface area contributed by atoms with Crippen molar-refractivity contribution in [1.29, 1.82) is 0 Å². The number of nitrogens with zero attached hydrogens (tertiary/aromatic N) is 5. The van der Waals surface area contributed by atoms with Gasteiger partial charge in [-0.15, -0.1) is 0 Å². The largest absolute Gasteiger partial charge is 0.384 e. The van der Waals surface area contributed by atoms with Gasteiger partial charge in [0.15, 0.2) is 0 Å². The van der Waals surface area contributed by atoms with E-state index in [4.69, 9.17) is 18.9 Å². The molecule has 0 aliphatic carbocycles. The van der Waals surface area contributed by atoms with Crippen molar-refractivity contribution in [3.8, 4) is 0 Å². The average molecular weight is 970 g/mol. The summed E-state index contributed by atoms with van der Waals surface area (Å²) < 4.78 is 19.5. The number of methoxy groups -OCH3 is 3. The zero-order valence-electron chi connectivity index (χ0n) is 47.4. The molecule has 0 aliphatic rings. The number of Topliss-reactive ketones (excluding diaryl/α,β-unsaturated/α-hetero) is 1. The van der Waals surface area contributed by atoms with Crippen LogP contribution in [0.5, 0.6) is 0 Å². The summed E-state index contributed by atoms with van der Waals surface area (Å²) in [5.41, 5.74) is 0. The van der Waals surface area contributed by atoms with Crippen LogP contribution in [0.25, 0.3) is 0 Å². The van der Waals surface area contributed by atoms with Gasteiger partial charge in [-0.25, -0.2) is 0 Å². The Labute approximate surface area is 411 Å². The number of ether oxygens (including phenoxy) is 4. The van der Waals surface area contributed by atoms with Crippen LogP contribution >= 0.6 is 23.5 Å². The molecular weight excluding hydrogens is 849 g/mol. The molecule has 0 saturated carbocycles. The molecule has 0 bridgehead atoms. The van der Waals surface area contributed by atoms with Crippen LogP contribution in [-0.4, -0.2) is 279 Å². The summed E-state index contributed by atoms with van der Waals surface area (Å²) in [6, 6.07) is 0. The third-order valence-electron chi connectivity index (χ3n) is 7.48. The van der Waals surface area contributed by atoms with Crippen LogP contribution < -0.4 is 26.6 Å². The highest BCUT2D eigenvalue weighted by Gasteiger charge is 1.92. The lowest BCUT2D eigenvalue weighted by Crippen LogP contribution is -2.21. The van der Waals surface area contributed by atoms with Gasteiger partial charge in [0.1, 0.15) is 5.78 Å². The fraction of sp³-hybridized carbons (Fsp3) is 0.979. The lowest BCUT2D eigenvalue weighted by molar-refractivity contribution is -0.116. The van der Waals surface area contributed by atoms with Crippen LogP contribution in [0.15, 0.2) is 0 Å². The summed E-state index contributed by atoms with van der Waals surface area (Å²) in [6.07, 6.45) is 10.1. The summed E-state index contributed by atoms with van der Waals surface area (Å²) in [5.74, 6) is 2.57. The zero-order valence-corrected chi connectivity index (χ0v) is 49.0. The standard InChI is InChI=1S/C8H20N2.2C6H15NO.C6H15N.C5H11NO.C4H12N2.C4H11NO.C4H11NS.C4H10OS/c1-9(2)7-5-6-8-10(3)4;1-4-7(2)5-6-8-3;1-4-8-6-5-7(2)3;1-4-5-6-7(2)3;1-5(7)3-4-6-2;4*1-5-3-4-6-2/h5-8H2,1-4H3;2*4-6H2,1-3H3;4-6H2,1-3H3;6H,3-4H2,1-2H3;5-6H,3-4H2,1-2H3;2*5H,3-4H2,1-2H3;3-4H2,1-2H3. The molecule has 17 heteroatoms. The van der Waals surface area contributed by atoms with Crippen LogP contribution in [0.3, 0.4) is 0 Å². The second kappa shape index (κ2) is 89.4. The van der Waals surface area contributed by atoms with Crippen molar-refractivity contribution in [3.05, 3.63) is 0 Å².